The van der Waals surface area contributed by atoms with Gasteiger partial charge < -0.3 is 0 Å². The van der Waals surface area contributed by atoms with E-state index in [0.717, 1.165) is 10.9 Å². The van der Waals surface area contributed by atoms with Crippen LogP contribution in [0.25, 0.3) is 10.8 Å². The standard InChI is InChI=1S/C12H8ClFO/c1-7-2-3-8-4-5-9(14)6-10(8)11(7)12(13)15/h2-6H,1H3. The molecule has 2 aromatic rings. The van der Waals surface area contributed by atoms with Crippen molar-refractivity contribution in [1.29, 1.82) is 0 Å². The van der Waals surface area contributed by atoms with Gasteiger partial charge in [-0.2, -0.15) is 0 Å². The Bertz CT molecular complexity index is 543. The van der Waals surface area contributed by atoms with Crippen molar-refractivity contribution in [2.45, 2.75) is 6.92 Å². The summed E-state index contributed by atoms with van der Waals surface area (Å²) < 4.78 is 13.1. The molecule has 1 nitrogen and oxygen atoms in total. The molecule has 0 heterocycles. The summed E-state index contributed by atoms with van der Waals surface area (Å²) >= 11 is 5.48. The Balaban J connectivity index is 2.90. The van der Waals surface area contributed by atoms with Crippen molar-refractivity contribution < 1.29 is 9.18 Å². The van der Waals surface area contributed by atoms with Gasteiger partial charge in [0.15, 0.2) is 0 Å². The number of hydrogen-bond donors (Lipinski definition) is 0. The molecule has 0 spiro atoms. The molecule has 0 atom stereocenters. The van der Waals surface area contributed by atoms with Crippen LogP contribution in [0.4, 0.5) is 4.39 Å². The summed E-state index contributed by atoms with van der Waals surface area (Å²) in [5.74, 6) is -0.368. The third-order valence-electron chi connectivity index (χ3n) is 2.39. The lowest BCUT2D eigenvalue weighted by atomic mass is 10.0. The van der Waals surface area contributed by atoms with Crippen LogP contribution in [0.3, 0.4) is 0 Å². The molecule has 0 amide bonds. The van der Waals surface area contributed by atoms with Crippen LogP contribution in [0, 0.1) is 12.7 Å². The van der Waals surface area contributed by atoms with E-state index >= 15 is 0 Å². The van der Waals surface area contributed by atoms with Crippen LogP contribution in [0.2, 0.25) is 0 Å². The van der Waals surface area contributed by atoms with E-state index in [9.17, 15) is 9.18 Å². The Morgan fingerprint density at radius 2 is 1.93 bits per heavy atom. The molecule has 0 saturated heterocycles. The summed E-state index contributed by atoms with van der Waals surface area (Å²) in [5.41, 5.74) is 1.14. The molecule has 0 aliphatic heterocycles. The average Bonchev–Trinajstić information content (AvgIpc) is 2.16. The summed E-state index contributed by atoms with van der Waals surface area (Å²) in [6.07, 6.45) is 0. The van der Waals surface area contributed by atoms with Crippen LogP contribution < -0.4 is 0 Å². The molecule has 0 aliphatic carbocycles. The van der Waals surface area contributed by atoms with E-state index in [4.69, 9.17) is 11.6 Å². The monoisotopic (exact) mass is 222 g/mol. The summed E-state index contributed by atoms with van der Waals surface area (Å²) in [6, 6.07) is 7.97. The third kappa shape index (κ3) is 1.73. The SMILES string of the molecule is Cc1ccc2ccc(F)cc2c1C(=O)Cl. The molecule has 0 N–H and O–H groups in total. The molecule has 0 aliphatic rings. The van der Waals surface area contributed by atoms with Crippen LogP contribution in [0.1, 0.15) is 15.9 Å². The highest BCUT2D eigenvalue weighted by Gasteiger charge is 2.11. The second-order valence-corrected chi connectivity index (χ2v) is 3.74. The largest absolute Gasteiger partial charge is 0.276 e. The fourth-order valence-corrected chi connectivity index (χ4v) is 1.91. The van der Waals surface area contributed by atoms with Crippen molar-refractivity contribution in [3.05, 3.63) is 47.3 Å². The van der Waals surface area contributed by atoms with Gasteiger partial charge >= 0.3 is 0 Å². The molecule has 0 bridgehead atoms. The summed E-state index contributed by atoms with van der Waals surface area (Å²) in [7, 11) is 0. The minimum Gasteiger partial charge on any atom is -0.276 e. The Morgan fingerprint density at radius 3 is 2.60 bits per heavy atom. The zero-order chi connectivity index (χ0) is 11.0. The Hall–Kier alpha value is -1.41. The van der Waals surface area contributed by atoms with E-state index in [1.807, 2.05) is 6.07 Å². The van der Waals surface area contributed by atoms with Gasteiger partial charge in [-0.3, -0.25) is 4.79 Å². The predicted octanol–water partition coefficient (Wildman–Crippen LogP) is 3.67. The highest BCUT2D eigenvalue weighted by Crippen LogP contribution is 2.24. The van der Waals surface area contributed by atoms with Gasteiger partial charge in [-0.15, -0.1) is 0 Å². The molecule has 0 fully saturated rings. The molecule has 2 rings (SSSR count). The number of hydrogen-bond acceptors (Lipinski definition) is 1. The molecule has 0 aromatic heterocycles. The van der Waals surface area contributed by atoms with E-state index in [-0.39, 0.29) is 5.82 Å². The van der Waals surface area contributed by atoms with Crippen molar-refractivity contribution in [2.24, 2.45) is 0 Å². The number of benzene rings is 2. The van der Waals surface area contributed by atoms with Gasteiger partial charge in [-0.05, 0) is 47.0 Å². The second-order valence-electron chi connectivity index (χ2n) is 3.40. The second kappa shape index (κ2) is 3.63. The van der Waals surface area contributed by atoms with E-state index in [1.165, 1.54) is 12.1 Å². The summed E-state index contributed by atoms with van der Waals surface area (Å²) in [5, 5.41) is 0.824. The third-order valence-corrected chi connectivity index (χ3v) is 2.58. The van der Waals surface area contributed by atoms with Crippen LogP contribution >= 0.6 is 11.6 Å². The minimum absolute atomic E-state index is 0.368. The lowest BCUT2D eigenvalue weighted by molar-refractivity contribution is 0.108. The topological polar surface area (TPSA) is 17.1 Å². The highest BCUT2D eigenvalue weighted by molar-refractivity contribution is 6.68. The highest BCUT2D eigenvalue weighted by atomic mass is 35.5. The van der Waals surface area contributed by atoms with E-state index < -0.39 is 5.24 Å². The first-order valence-electron chi connectivity index (χ1n) is 4.48. The van der Waals surface area contributed by atoms with E-state index in [1.54, 1.807) is 19.1 Å². The molecular formula is C12H8ClFO. The lowest BCUT2D eigenvalue weighted by Gasteiger charge is -2.05. The normalized spacial score (nSPS) is 10.6. The Labute approximate surface area is 91.5 Å². The molecule has 76 valence electrons. The predicted molar refractivity (Wildman–Crippen MR) is 58.8 cm³/mol. The van der Waals surface area contributed by atoms with Crippen LogP contribution in [0.15, 0.2) is 30.3 Å². The fourth-order valence-electron chi connectivity index (χ4n) is 1.66. The van der Waals surface area contributed by atoms with Gasteiger partial charge in [0.05, 0.1) is 0 Å². The summed E-state index contributed by atoms with van der Waals surface area (Å²) in [6.45, 7) is 1.78. The first kappa shape index (κ1) is 10.1. The molecule has 0 saturated carbocycles. The number of carbonyl (C=O) groups is 1. The average molecular weight is 223 g/mol. The minimum atomic E-state index is -0.552. The zero-order valence-corrected chi connectivity index (χ0v) is 8.81. The van der Waals surface area contributed by atoms with Crippen LogP contribution in [-0.2, 0) is 0 Å². The van der Waals surface area contributed by atoms with E-state index in [0.29, 0.717) is 10.9 Å². The maximum Gasteiger partial charge on any atom is 0.253 e. The van der Waals surface area contributed by atoms with Gasteiger partial charge in [-0.1, -0.05) is 18.2 Å². The van der Waals surface area contributed by atoms with Crippen molar-refractivity contribution in [3.63, 3.8) is 0 Å². The van der Waals surface area contributed by atoms with Gasteiger partial charge in [0, 0.05) is 5.56 Å². The van der Waals surface area contributed by atoms with Crippen molar-refractivity contribution >= 4 is 27.6 Å². The smallest absolute Gasteiger partial charge is 0.253 e. The van der Waals surface area contributed by atoms with Crippen molar-refractivity contribution in [1.82, 2.24) is 0 Å². The van der Waals surface area contributed by atoms with Gasteiger partial charge in [0.1, 0.15) is 5.82 Å². The van der Waals surface area contributed by atoms with Crippen molar-refractivity contribution in [2.75, 3.05) is 0 Å². The lowest BCUT2D eigenvalue weighted by Crippen LogP contribution is -1.95. The van der Waals surface area contributed by atoms with E-state index in [2.05, 4.69) is 0 Å². The number of rotatable bonds is 1. The quantitative estimate of drug-likeness (QED) is 0.673. The molecule has 3 heteroatoms. The number of aryl methyl sites for hydroxylation is 1. The molecule has 0 radical (unpaired) electrons. The number of halogens is 2. The van der Waals surface area contributed by atoms with Crippen LogP contribution in [0.5, 0.6) is 0 Å². The van der Waals surface area contributed by atoms with Gasteiger partial charge in [-0.25, -0.2) is 4.39 Å². The Morgan fingerprint density at radius 1 is 1.27 bits per heavy atom. The molecule has 0 unspecified atom stereocenters. The first-order valence-corrected chi connectivity index (χ1v) is 4.86. The fraction of sp³-hybridized carbons (Fsp3) is 0.0833. The zero-order valence-electron chi connectivity index (χ0n) is 8.05. The molecule has 15 heavy (non-hydrogen) atoms. The van der Waals surface area contributed by atoms with Crippen molar-refractivity contribution in [3.8, 4) is 0 Å². The maximum atomic E-state index is 13.1. The van der Waals surface area contributed by atoms with Gasteiger partial charge in [0.2, 0.25) is 0 Å². The molecule has 2 aromatic carbocycles. The first-order chi connectivity index (χ1) is 7.09. The number of carbonyl (C=O) groups excluding carboxylic acids is 1. The summed E-state index contributed by atoms with van der Waals surface area (Å²) in [4.78, 5) is 11.2. The number of fused-ring (bicyclic) bond motifs is 1. The maximum absolute atomic E-state index is 13.1. The van der Waals surface area contributed by atoms with Crippen LogP contribution in [-0.4, -0.2) is 5.24 Å². The Kier molecular flexibility index (Phi) is 2.45. The molecular weight excluding hydrogens is 215 g/mol. The van der Waals surface area contributed by atoms with Gasteiger partial charge in [0.25, 0.3) is 5.24 Å².